The van der Waals surface area contributed by atoms with Crippen LogP contribution < -0.4 is 5.32 Å². The number of nitrogens with one attached hydrogen (secondary N) is 1. The van der Waals surface area contributed by atoms with Gasteiger partial charge in [0.25, 0.3) is 0 Å². The van der Waals surface area contributed by atoms with Crippen LogP contribution in [0.5, 0.6) is 0 Å². The second-order valence-electron chi connectivity index (χ2n) is 15.0. The van der Waals surface area contributed by atoms with E-state index in [2.05, 4.69) is 31.3 Å². The summed E-state index contributed by atoms with van der Waals surface area (Å²) in [6.45, 7) is 4.23. The molecule has 50 heavy (non-hydrogen) atoms. The van der Waals surface area contributed by atoms with Gasteiger partial charge in [0.2, 0.25) is 5.91 Å². The summed E-state index contributed by atoms with van der Waals surface area (Å²) in [7, 11) is 0. The topological polar surface area (TPSA) is 92.7 Å². The smallest absolute Gasteiger partial charge is 0.322 e. The van der Waals surface area contributed by atoms with E-state index in [1.807, 2.05) is 0 Å². The number of amides is 1. The number of carboxylic acids is 1. The van der Waals surface area contributed by atoms with E-state index >= 15 is 0 Å². The lowest BCUT2D eigenvalue weighted by Crippen LogP contribution is -2.28. The summed E-state index contributed by atoms with van der Waals surface area (Å²) >= 11 is 0. The van der Waals surface area contributed by atoms with Crippen molar-refractivity contribution in [3.63, 3.8) is 0 Å². The summed E-state index contributed by atoms with van der Waals surface area (Å²) < 4.78 is 6.03. The predicted molar refractivity (Wildman–Crippen MR) is 213 cm³/mol. The van der Waals surface area contributed by atoms with Gasteiger partial charge in [-0.05, 0) is 64.2 Å². The van der Waals surface area contributed by atoms with Gasteiger partial charge >= 0.3 is 11.9 Å². The van der Waals surface area contributed by atoms with E-state index in [-0.39, 0.29) is 24.5 Å². The molecule has 0 heterocycles. The van der Waals surface area contributed by atoms with Crippen molar-refractivity contribution in [2.75, 3.05) is 6.54 Å². The van der Waals surface area contributed by atoms with Crippen molar-refractivity contribution in [1.29, 1.82) is 0 Å². The molecule has 0 saturated heterocycles. The zero-order valence-electron chi connectivity index (χ0n) is 33.3. The first-order chi connectivity index (χ1) is 24.5. The van der Waals surface area contributed by atoms with Gasteiger partial charge in [0.1, 0.15) is 12.6 Å². The molecule has 0 aromatic heterocycles. The van der Waals surface area contributed by atoms with Crippen LogP contribution in [0, 0.1) is 0 Å². The SMILES string of the molecule is CCCCCCCCC/C=C\CCCCCCCCCC(=O)OC(CCCCCCCCCCCC)CCCCCCCC(=O)NCC(=O)O. The lowest BCUT2D eigenvalue weighted by atomic mass is 10.0. The number of aliphatic carboxylic acids is 1. The summed E-state index contributed by atoms with van der Waals surface area (Å²) in [6, 6.07) is 0. The Labute approximate surface area is 310 Å². The monoisotopic (exact) mass is 706 g/mol. The molecule has 1 atom stereocenters. The first kappa shape index (κ1) is 48.1. The summed E-state index contributed by atoms with van der Waals surface area (Å²) in [5, 5.41) is 11.1. The Morgan fingerprint density at radius 2 is 0.860 bits per heavy atom. The summed E-state index contributed by atoms with van der Waals surface area (Å²) in [4.78, 5) is 35.0. The number of carboxylic acid groups (broad SMARTS) is 1. The van der Waals surface area contributed by atoms with E-state index in [1.165, 1.54) is 148 Å². The first-order valence-electron chi connectivity index (χ1n) is 21.8. The quantitative estimate of drug-likeness (QED) is 0.0376. The fourth-order valence-electron chi connectivity index (χ4n) is 6.69. The van der Waals surface area contributed by atoms with E-state index < -0.39 is 5.97 Å². The fourth-order valence-corrected chi connectivity index (χ4v) is 6.69. The van der Waals surface area contributed by atoms with Crippen LogP contribution in [0.1, 0.15) is 239 Å². The highest BCUT2D eigenvalue weighted by molar-refractivity contribution is 5.80. The summed E-state index contributed by atoms with van der Waals surface area (Å²) in [5.41, 5.74) is 0. The average molecular weight is 706 g/mol. The number of rotatable bonds is 40. The Hall–Kier alpha value is -1.85. The number of allylic oxidation sites excluding steroid dienone is 2. The Balaban J connectivity index is 4.06. The standard InChI is InChI=1S/C44H83NO5/c1-3-5-7-9-11-13-15-16-17-18-19-20-21-22-24-26-31-35-39-44(49)50-41(36-32-28-25-23-14-12-10-8-6-4-2)37-33-29-27-30-34-38-42(46)45-40-43(47)48/h17-18,41H,3-16,19-40H2,1-2H3,(H,45,46)(H,47,48)/b18-17-. The van der Waals surface area contributed by atoms with Gasteiger partial charge in [0.15, 0.2) is 0 Å². The van der Waals surface area contributed by atoms with Crippen molar-refractivity contribution in [2.45, 2.75) is 245 Å². The summed E-state index contributed by atoms with van der Waals surface area (Å²) in [6.07, 6.45) is 46.2. The van der Waals surface area contributed by atoms with Crippen molar-refractivity contribution in [1.82, 2.24) is 5.32 Å². The minimum absolute atomic E-state index is 0.0160. The van der Waals surface area contributed by atoms with Gasteiger partial charge in [0.05, 0.1) is 0 Å². The molecule has 0 bridgehead atoms. The number of carbonyl (C=O) groups is 3. The van der Waals surface area contributed by atoms with Crippen LogP contribution in [0.25, 0.3) is 0 Å². The molecule has 2 N–H and O–H groups in total. The zero-order chi connectivity index (χ0) is 36.6. The van der Waals surface area contributed by atoms with E-state index in [4.69, 9.17) is 9.84 Å². The van der Waals surface area contributed by atoms with Crippen LogP contribution in [0.3, 0.4) is 0 Å². The van der Waals surface area contributed by atoms with Crippen molar-refractivity contribution in [3.05, 3.63) is 12.2 Å². The minimum atomic E-state index is -1.01. The van der Waals surface area contributed by atoms with E-state index in [1.54, 1.807) is 0 Å². The van der Waals surface area contributed by atoms with Gasteiger partial charge in [-0.2, -0.15) is 0 Å². The van der Waals surface area contributed by atoms with Gasteiger partial charge in [-0.25, -0.2) is 0 Å². The number of hydrogen-bond donors (Lipinski definition) is 2. The molecule has 0 aromatic rings. The highest BCUT2D eigenvalue weighted by atomic mass is 16.5. The molecule has 0 fully saturated rings. The van der Waals surface area contributed by atoms with Gasteiger partial charge < -0.3 is 15.2 Å². The Kier molecular flexibility index (Phi) is 38.5. The normalized spacial score (nSPS) is 12.0. The van der Waals surface area contributed by atoms with Gasteiger partial charge in [0, 0.05) is 12.8 Å². The Morgan fingerprint density at radius 3 is 1.28 bits per heavy atom. The molecule has 0 spiro atoms. The highest BCUT2D eigenvalue weighted by Gasteiger charge is 2.14. The Morgan fingerprint density at radius 1 is 0.500 bits per heavy atom. The molecule has 1 unspecified atom stereocenters. The number of carbonyl (C=O) groups excluding carboxylic acids is 2. The van der Waals surface area contributed by atoms with Gasteiger partial charge in [-0.1, -0.05) is 174 Å². The second kappa shape index (κ2) is 39.9. The number of unbranched alkanes of at least 4 members (excludes halogenated alkanes) is 27. The molecule has 0 aliphatic carbocycles. The minimum Gasteiger partial charge on any atom is -0.480 e. The van der Waals surface area contributed by atoms with Gasteiger partial charge in [-0.3, -0.25) is 14.4 Å². The maximum Gasteiger partial charge on any atom is 0.322 e. The molecule has 0 aliphatic rings. The molecule has 6 heteroatoms. The van der Waals surface area contributed by atoms with Gasteiger partial charge in [-0.15, -0.1) is 0 Å². The highest BCUT2D eigenvalue weighted by Crippen LogP contribution is 2.19. The van der Waals surface area contributed by atoms with Crippen molar-refractivity contribution in [3.8, 4) is 0 Å². The molecule has 0 saturated carbocycles. The maximum atomic E-state index is 12.7. The molecular formula is C44H83NO5. The molecule has 6 nitrogen and oxygen atoms in total. The molecule has 0 rings (SSSR count). The number of ether oxygens (including phenoxy) is 1. The maximum absolute atomic E-state index is 12.7. The zero-order valence-corrected chi connectivity index (χ0v) is 33.3. The third-order valence-corrected chi connectivity index (χ3v) is 9.94. The molecule has 0 radical (unpaired) electrons. The molecule has 0 aliphatic heterocycles. The van der Waals surface area contributed by atoms with E-state index in [9.17, 15) is 14.4 Å². The third kappa shape index (κ3) is 38.9. The lowest BCUT2D eigenvalue weighted by molar-refractivity contribution is -0.150. The van der Waals surface area contributed by atoms with Crippen molar-refractivity contribution in [2.24, 2.45) is 0 Å². The van der Waals surface area contributed by atoms with E-state index in [0.29, 0.717) is 12.8 Å². The first-order valence-corrected chi connectivity index (χ1v) is 21.8. The molecule has 0 aromatic carbocycles. The van der Waals surface area contributed by atoms with Crippen LogP contribution in [-0.4, -0.2) is 35.6 Å². The largest absolute Gasteiger partial charge is 0.480 e. The second-order valence-corrected chi connectivity index (χ2v) is 15.0. The Bertz CT molecular complexity index is 782. The lowest BCUT2D eigenvalue weighted by Gasteiger charge is -2.18. The van der Waals surface area contributed by atoms with Crippen LogP contribution in [0.2, 0.25) is 0 Å². The predicted octanol–water partition coefficient (Wildman–Crippen LogP) is 13.3. The van der Waals surface area contributed by atoms with Crippen LogP contribution in [0.15, 0.2) is 12.2 Å². The van der Waals surface area contributed by atoms with E-state index in [0.717, 1.165) is 64.2 Å². The van der Waals surface area contributed by atoms with Crippen LogP contribution >= 0.6 is 0 Å². The molecule has 294 valence electrons. The van der Waals surface area contributed by atoms with Crippen molar-refractivity contribution >= 4 is 17.8 Å². The molecular weight excluding hydrogens is 622 g/mol. The third-order valence-electron chi connectivity index (χ3n) is 9.94. The number of esters is 1. The van der Waals surface area contributed by atoms with Crippen LogP contribution in [0.4, 0.5) is 0 Å². The fraction of sp³-hybridized carbons (Fsp3) is 0.886. The molecule has 1 amide bonds. The number of hydrogen-bond acceptors (Lipinski definition) is 4. The average Bonchev–Trinajstić information content (AvgIpc) is 3.10. The summed E-state index contributed by atoms with van der Waals surface area (Å²) in [5.74, 6) is -1.22. The van der Waals surface area contributed by atoms with Crippen LogP contribution in [-0.2, 0) is 19.1 Å². The van der Waals surface area contributed by atoms with Crippen molar-refractivity contribution < 1.29 is 24.2 Å².